The predicted molar refractivity (Wildman–Crippen MR) is 70.9 cm³/mol. The Balaban J connectivity index is 2.48. The topological polar surface area (TPSA) is 70.5 Å². The van der Waals surface area contributed by atoms with E-state index in [0.717, 1.165) is 13.1 Å². The number of likely N-dealkylation sites (N-methyl/N-ethyl adjacent to an activating group) is 1. The molecule has 0 radical (unpaired) electrons. The molecule has 0 saturated carbocycles. The summed E-state index contributed by atoms with van der Waals surface area (Å²) < 4.78 is 0. The summed E-state index contributed by atoms with van der Waals surface area (Å²) in [5.74, 6) is -1.40. The molecule has 0 bridgehead atoms. The zero-order valence-corrected chi connectivity index (χ0v) is 11.0. The van der Waals surface area contributed by atoms with E-state index in [-0.39, 0.29) is 29.1 Å². The molecule has 1 aliphatic carbocycles. The fourth-order valence-electron chi connectivity index (χ4n) is 2.10. The Labute approximate surface area is 111 Å². The Morgan fingerprint density at radius 1 is 1.21 bits per heavy atom. The largest absolute Gasteiger partial charge is 0.505 e. The van der Waals surface area contributed by atoms with Gasteiger partial charge in [0.05, 0.1) is 11.1 Å². The lowest BCUT2D eigenvalue weighted by molar-refractivity contribution is -0.112. The number of hydrogen-bond acceptors (Lipinski definition) is 5. The number of rotatable bonds is 4. The fraction of sp³-hybridized carbons (Fsp3) is 0.357. The second-order valence-corrected chi connectivity index (χ2v) is 4.35. The third-order valence-corrected chi connectivity index (χ3v) is 3.32. The molecule has 0 unspecified atom stereocenters. The van der Waals surface area contributed by atoms with Gasteiger partial charge in [-0.1, -0.05) is 13.8 Å². The second-order valence-electron chi connectivity index (χ2n) is 4.35. The highest BCUT2D eigenvalue weighted by Crippen LogP contribution is 2.26. The summed E-state index contributed by atoms with van der Waals surface area (Å²) >= 11 is 0. The van der Waals surface area contributed by atoms with Gasteiger partial charge < -0.3 is 5.11 Å². The Morgan fingerprint density at radius 2 is 1.89 bits per heavy atom. The predicted octanol–water partition coefficient (Wildman–Crippen LogP) is 1.46. The van der Waals surface area contributed by atoms with Crippen molar-refractivity contribution in [2.75, 3.05) is 19.6 Å². The summed E-state index contributed by atoms with van der Waals surface area (Å²) in [7, 11) is 0. The molecule has 1 N–H and O–H groups in total. The summed E-state index contributed by atoms with van der Waals surface area (Å²) in [5, 5.41) is 10.2. The molecule has 19 heavy (non-hydrogen) atoms. The van der Waals surface area contributed by atoms with Crippen molar-refractivity contribution in [3.63, 3.8) is 0 Å². The van der Waals surface area contributed by atoms with Crippen LogP contribution >= 0.6 is 0 Å². The van der Waals surface area contributed by atoms with E-state index in [2.05, 4.69) is 4.98 Å². The average molecular weight is 260 g/mol. The molecule has 5 heteroatoms. The van der Waals surface area contributed by atoms with E-state index >= 15 is 0 Å². The minimum Gasteiger partial charge on any atom is -0.505 e. The first-order valence-electron chi connectivity index (χ1n) is 6.29. The van der Waals surface area contributed by atoms with Gasteiger partial charge in [-0.25, -0.2) is 0 Å². The number of fused-ring (bicyclic) bond motifs is 1. The lowest BCUT2D eigenvalue weighted by atomic mass is 9.91. The molecule has 0 aromatic carbocycles. The van der Waals surface area contributed by atoms with Crippen LogP contribution in [0.5, 0.6) is 0 Å². The van der Waals surface area contributed by atoms with Gasteiger partial charge in [-0.3, -0.25) is 19.5 Å². The number of aliphatic hydroxyl groups is 1. The third kappa shape index (κ3) is 2.29. The zero-order chi connectivity index (χ0) is 14.0. The zero-order valence-electron chi connectivity index (χ0n) is 11.0. The number of carbonyl (C=O) groups excluding carboxylic acids is 2. The number of aliphatic hydroxyl groups excluding tert-OH is 1. The monoisotopic (exact) mass is 260 g/mol. The maximum absolute atomic E-state index is 12.0. The molecule has 0 spiro atoms. The molecular weight excluding hydrogens is 244 g/mol. The van der Waals surface area contributed by atoms with E-state index < -0.39 is 11.6 Å². The van der Waals surface area contributed by atoms with Crippen LogP contribution in [-0.4, -0.2) is 46.2 Å². The molecule has 0 saturated heterocycles. The van der Waals surface area contributed by atoms with E-state index in [1.165, 1.54) is 12.3 Å². The molecule has 1 aliphatic rings. The molecule has 2 rings (SSSR count). The smallest absolute Gasteiger partial charge is 0.235 e. The Hall–Kier alpha value is -2.01. The summed E-state index contributed by atoms with van der Waals surface area (Å²) in [6.07, 6.45) is 1.49. The van der Waals surface area contributed by atoms with E-state index in [0.29, 0.717) is 0 Å². The number of pyridine rings is 1. The van der Waals surface area contributed by atoms with E-state index in [1.54, 1.807) is 6.07 Å². The van der Waals surface area contributed by atoms with Crippen LogP contribution in [0.2, 0.25) is 0 Å². The van der Waals surface area contributed by atoms with Crippen molar-refractivity contribution in [3.8, 4) is 0 Å². The van der Waals surface area contributed by atoms with Crippen LogP contribution in [-0.2, 0) is 4.79 Å². The van der Waals surface area contributed by atoms with Crippen molar-refractivity contribution in [2.45, 2.75) is 13.8 Å². The van der Waals surface area contributed by atoms with Crippen molar-refractivity contribution >= 4 is 17.3 Å². The van der Waals surface area contributed by atoms with Gasteiger partial charge in [-0.05, 0) is 25.2 Å². The quantitative estimate of drug-likeness (QED) is 0.830. The van der Waals surface area contributed by atoms with Gasteiger partial charge in [0, 0.05) is 12.7 Å². The van der Waals surface area contributed by atoms with Crippen LogP contribution in [0.25, 0.3) is 5.76 Å². The maximum Gasteiger partial charge on any atom is 0.235 e. The highest BCUT2D eigenvalue weighted by atomic mass is 16.3. The molecule has 5 nitrogen and oxygen atoms in total. The molecule has 0 fully saturated rings. The van der Waals surface area contributed by atoms with Crippen LogP contribution in [0.15, 0.2) is 23.9 Å². The SMILES string of the molecule is CCN(CC)CC1=C(O)c2ncccc2C(=O)C1=O. The van der Waals surface area contributed by atoms with Crippen LogP contribution in [0.3, 0.4) is 0 Å². The standard InChI is InChI=1S/C14H16N2O3/c1-3-16(4-2)8-10-12(17)11-9(6-5-7-15-11)13(18)14(10)19/h5-7,17H,3-4,8H2,1-2H3. The number of aromatic nitrogens is 1. The highest BCUT2D eigenvalue weighted by Gasteiger charge is 2.33. The number of carbonyl (C=O) groups is 2. The summed E-state index contributed by atoms with van der Waals surface area (Å²) in [6, 6.07) is 3.08. The molecule has 0 aliphatic heterocycles. The first-order valence-corrected chi connectivity index (χ1v) is 6.29. The van der Waals surface area contributed by atoms with Gasteiger partial charge in [-0.15, -0.1) is 0 Å². The van der Waals surface area contributed by atoms with Crippen LogP contribution in [0.1, 0.15) is 29.9 Å². The van der Waals surface area contributed by atoms with E-state index in [4.69, 9.17) is 0 Å². The first-order chi connectivity index (χ1) is 9.10. The highest BCUT2D eigenvalue weighted by molar-refractivity contribution is 6.52. The molecule has 0 amide bonds. The molecule has 1 aromatic heterocycles. The first kappa shape index (κ1) is 13.4. The van der Waals surface area contributed by atoms with Crippen molar-refractivity contribution in [3.05, 3.63) is 35.2 Å². The normalized spacial score (nSPS) is 15.1. The Morgan fingerprint density at radius 3 is 2.53 bits per heavy atom. The summed E-state index contributed by atoms with van der Waals surface area (Å²) in [4.78, 5) is 30.0. The van der Waals surface area contributed by atoms with Gasteiger partial charge in [0.2, 0.25) is 11.6 Å². The molecule has 1 heterocycles. The lowest BCUT2D eigenvalue weighted by Crippen LogP contribution is -2.33. The molecular formula is C14H16N2O3. The number of hydrogen-bond donors (Lipinski definition) is 1. The third-order valence-electron chi connectivity index (χ3n) is 3.32. The summed E-state index contributed by atoms with van der Waals surface area (Å²) in [5.41, 5.74) is 0.516. The van der Waals surface area contributed by atoms with Gasteiger partial charge in [0.25, 0.3) is 0 Å². The number of Topliss-reactive ketones (excluding diaryl/α,β-unsaturated/α-hetero) is 2. The number of nitrogens with zero attached hydrogens (tertiary/aromatic N) is 2. The Bertz CT molecular complexity index is 560. The maximum atomic E-state index is 12.0. The minimum absolute atomic E-state index is 0.139. The van der Waals surface area contributed by atoms with Crippen LogP contribution in [0, 0.1) is 0 Å². The van der Waals surface area contributed by atoms with Crippen molar-refractivity contribution in [1.29, 1.82) is 0 Å². The van der Waals surface area contributed by atoms with Gasteiger partial charge in [-0.2, -0.15) is 0 Å². The Kier molecular flexibility index (Phi) is 3.76. The molecule has 0 atom stereocenters. The van der Waals surface area contributed by atoms with Gasteiger partial charge >= 0.3 is 0 Å². The van der Waals surface area contributed by atoms with Gasteiger partial charge in [0.1, 0.15) is 5.69 Å². The van der Waals surface area contributed by atoms with Crippen LogP contribution in [0.4, 0.5) is 0 Å². The number of ketones is 2. The summed E-state index contributed by atoms with van der Waals surface area (Å²) in [6.45, 7) is 5.66. The molecule has 100 valence electrons. The van der Waals surface area contributed by atoms with Crippen molar-refractivity contribution in [1.82, 2.24) is 9.88 Å². The fourth-order valence-corrected chi connectivity index (χ4v) is 2.10. The second kappa shape index (κ2) is 5.32. The van der Waals surface area contributed by atoms with E-state index in [1.807, 2.05) is 18.7 Å². The van der Waals surface area contributed by atoms with Gasteiger partial charge in [0.15, 0.2) is 5.76 Å². The molecule has 1 aromatic rings. The average Bonchev–Trinajstić information content (AvgIpc) is 2.45. The van der Waals surface area contributed by atoms with Crippen LogP contribution < -0.4 is 0 Å². The van der Waals surface area contributed by atoms with E-state index in [9.17, 15) is 14.7 Å². The van der Waals surface area contributed by atoms with Crippen molar-refractivity contribution in [2.24, 2.45) is 0 Å². The lowest BCUT2D eigenvalue weighted by Gasteiger charge is -2.22. The van der Waals surface area contributed by atoms with Crippen molar-refractivity contribution < 1.29 is 14.7 Å². The minimum atomic E-state index is -0.634.